The SMILES string of the molecule is COCON[C@@H]1CC[C@@H](C(=O)OC(=O)C(=O)OC(=O)[C@@H]2CC[C@@H](NOCOC)CN2)NC1. The summed E-state index contributed by atoms with van der Waals surface area (Å²) in [4.78, 5) is 58.0. The van der Waals surface area contributed by atoms with E-state index >= 15 is 0 Å². The van der Waals surface area contributed by atoms with Gasteiger partial charge < -0.3 is 29.6 Å². The molecule has 2 heterocycles. The zero-order valence-electron chi connectivity index (χ0n) is 18.0. The molecule has 14 heteroatoms. The zero-order valence-corrected chi connectivity index (χ0v) is 18.0. The van der Waals surface area contributed by atoms with Crippen molar-refractivity contribution < 1.29 is 47.8 Å². The minimum Gasteiger partial charge on any atom is -0.383 e. The maximum absolute atomic E-state index is 12.1. The van der Waals surface area contributed by atoms with Gasteiger partial charge in [-0.2, -0.15) is 11.0 Å². The fourth-order valence-electron chi connectivity index (χ4n) is 3.15. The fraction of sp³-hybridized carbons (Fsp3) is 0.778. The number of rotatable bonds is 10. The van der Waals surface area contributed by atoms with Crippen LogP contribution in [0.3, 0.4) is 0 Å². The number of hydroxylamine groups is 2. The smallest absolute Gasteiger partial charge is 0.383 e. The predicted octanol–water partition coefficient (Wildman–Crippen LogP) is -2.38. The minimum atomic E-state index is -1.54. The Balaban J connectivity index is 1.65. The quantitative estimate of drug-likeness (QED) is 0.0677. The average Bonchev–Trinajstić information content (AvgIpc) is 2.80. The third kappa shape index (κ3) is 8.84. The van der Waals surface area contributed by atoms with Gasteiger partial charge in [-0.05, 0) is 25.7 Å². The summed E-state index contributed by atoms with van der Waals surface area (Å²) >= 11 is 0. The molecule has 0 unspecified atom stereocenters. The van der Waals surface area contributed by atoms with Crippen LogP contribution in [0.25, 0.3) is 0 Å². The Morgan fingerprint density at radius 3 is 1.44 bits per heavy atom. The van der Waals surface area contributed by atoms with Gasteiger partial charge in [-0.25, -0.2) is 19.2 Å². The minimum absolute atomic E-state index is 0.0585. The third-order valence-corrected chi connectivity index (χ3v) is 4.80. The summed E-state index contributed by atoms with van der Waals surface area (Å²) < 4.78 is 18.6. The summed E-state index contributed by atoms with van der Waals surface area (Å²) in [7, 11) is 2.98. The normalized spacial score (nSPS) is 25.7. The van der Waals surface area contributed by atoms with E-state index in [1.807, 2.05) is 0 Å². The number of carbonyl (C=O) groups excluding carboxylic acids is 4. The zero-order chi connectivity index (χ0) is 23.3. The molecule has 0 amide bonds. The van der Waals surface area contributed by atoms with Crippen LogP contribution in [0, 0.1) is 0 Å². The van der Waals surface area contributed by atoms with Crippen molar-refractivity contribution in [3.8, 4) is 0 Å². The lowest BCUT2D eigenvalue weighted by atomic mass is 10.0. The van der Waals surface area contributed by atoms with Gasteiger partial charge >= 0.3 is 23.9 Å². The van der Waals surface area contributed by atoms with Crippen molar-refractivity contribution in [3.05, 3.63) is 0 Å². The van der Waals surface area contributed by atoms with Gasteiger partial charge in [0, 0.05) is 39.4 Å². The van der Waals surface area contributed by atoms with E-state index in [1.165, 1.54) is 14.2 Å². The van der Waals surface area contributed by atoms with E-state index in [0.717, 1.165) is 0 Å². The highest BCUT2D eigenvalue weighted by Gasteiger charge is 2.34. The first kappa shape index (κ1) is 26.2. The molecule has 0 radical (unpaired) electrons. The van der Waals surface area contributed by atoms with Crippen molar-refractivity contribution in [1.82, 2.24) is 21.6 Å². The molecule has 0 aromatic heterocycles. The van der Waals surface area contributed by atoms with Crippen LogP contribution in [-0.4, -0.2) is 88.9 Å². The Labute approximate surface area is 184 Å². The van der Waals surface area contributed by atoms with E-state index in [2.05, 4.69) is 31.1 Å². The first-order valence-electron chi connectivity index (χ1n) is 10.2. The molecule has 4 N–H and O–H groups in total. The average molecular weight is 462 g/mol. The van der Waals surface area contributed by atoms with Gasteiger partial charge in [0.2, 0.25) is 0 Å². The molecule has 2 rings (SSSR count). The van der Waals surface area contributed by atoms with Crippen molar-refractivity contribution >= 4 is 23.9 Å². The number of carbonyl (C=O) groups is 4. The van der Waals surface area contributed by atoms with Crippen LogP contribution in [0.15, 0.2) is 0 Å². The second-order valence-corrected chi connectivity index (χ2v) is 7.22. The lowest BCUT2D eigenvalue weighted by molar-refractivity contribution is -0.179. The van der Waals surface area contributed by atoms with Crippen molar-refractivity contribution in [2.75, 3.05) is 40.9 Å². The van der Waals surface area contributed by atoms with Crippen molar-refractivity contribution in [2.24, 2.45) is 0 Å². The second kappa shape index (κ2) is 14.2. The van der Waals surface area contributed by atoms with E-state index in [9.17, 15) is 19.2 Å². The summed E-state index contributed by atoms with van der Waals surface area (Å²) in [5.74, 6) is -4.93. The number of hydrogen-bond acceptors (Lipinski definition) is 14. The molecule has 0 aromatic carbocycles. The van der Waals surface area contributed by atoms with E-state index < -0.39 is 36.0 Å². The molecule has 2 aliphatic rings. The molecule has 2 fully saturated rings. The molecule has 2 saturated heterocycles. The first-order chi connectivity index (χ1) is 15.4. The Kier molecular flexibility index (Phi) is 11.6. The van der Waals surface area contributed by atoms with Crippen molar-refractivity contribution in [2.45, 2.75) is 49.9 Å². The summed E-state index contributed by atoms with van der Waals surface area (Å²) in [6.07, 6.45) is 1.83. The topological polar surface area (TPSA) is 172 Å². The number of ether oxygens (including phenoxy) is 4. The molecule has 0 aliphatic carbocycles. The lowest BCUT2D eigenvalue weighted by Crippen LogP contribution is -2.52. The molecule has 32 heavy (non-hydrogen) atoms. The molecule has 0 bridgehead atoms. The van der Waals surface area contributed by atoms with Crippen LogP contribution in [-0.2, 0) is 47.8 Å². The molecular weight excluding hydrogens is 432 g/mol. The van der Waals surface area contributed by atoms with Crippen molar-refractivity contribution in [3.63, 3.8) is 0 Å². The van der Waals surface area contributed by atoms with Gasteiger partial charge in [-0.3, -0.25) is 9.68 Å². The summed E-state index contributed by atoms with van der Waals surface area (Å²) in [6.45, 7) is 0.905. The van der Waals surface area contributed by atoms with Gasteiger partial charge in [0.15, 0.2) is 13.6 Å². The third-order valence-electron chi connectivity index (χ3n) is 4.80. The largest absolute Gasteiger partial charge is 0.425 e. The van der Waals surface area contributed by atoms with E-state index in [1.54, 1.807) is 0 Å². The van der Waals surface area contributed by atoms with Gasteiger partial charge in [-0.1, -0.05) is 0 Å². The highest BCUT2D eigenvalue weighted by atomic mass is 16.8. The van der Waals surface area contributed by atoms with Gasteiger partial charge in [0.1, 0.15) is 12.1 Å². The van der Waals surface area contributed by atoms with Crippen LogP contribution in [0.1, 0.15) is 25.7 Å². The van der Waals surface area contributed by atoms with Crippen LogP contribution >= 0.6 is 0 Å². The number of hydrogen-bond donors (Lipinski definition) is 4. The Morgan fingerprint density at radius 2 is 1.12 bits per heavy atom. The van der Waals surface area contributed by atoms with Crippen LogP contribution < -0.4 is 21.6 Å². The first-order valence-corrected chi connectivity index (χ1v) is 10.2. The maximum Gasteiger partial charge on any atom is 0.425 e. The number of nitrogens with one attached hydrogen (secondary N) is 4. The fourth-order valence-corrected chi connectivity index (χ4v) is 3.15. The molecule has 0 spiro atoms. The number of piperidine rings is 2. The maximum atomic E-state index is 12.1. The molecule has 4 atom stereocenters. The predicted molar refractivity (Wildman–Crippen MR) is 104 cm³/mol. The standard InChI is InChI=1S/C18H30N4O10/c1-27-9-29-21-11-3-5-13(19-7-11)15(23)31-17(25)18(26)32-16(24)14-6-4-12(8-20-14)22-30-10-28-2/h11-14,19-22H,3-10H2,1-2H3/t11-,12-,13+,14+/m1/s1. The van der Waals surface area contributed by atoms with E-state index in [0.29, 0.717) is 38.8 Å². The second-order valence-electron chi connectivity index (χ2n) is 7.22. The van der Waals surface area contributed by atoms with Crippen molar-refractivity contribution in [1.29, 1.82) is 0 Å². The highest BCUT2D eigenvalue weighted by Crippen LogP contribution is 2.12. The summed E-state index contributed by atoms with van der Waals surface area (Å²) in [5, 5.41) is 5.78. The van der Waals surface area contributed by atoms with Crippen LogP contribution in [0.2, 0.25) is 0 Å². The molecule has 0 aromatic rings. The number of esters is 4. The monoisotopic (exact) mass is 462 g/mol. The lowest BCUT2D eigenvalue weighted by Gasteiger charge is -2.28. The summed E-state index contributed by atoms with van der Waals surface area (Å²) in [6, 6.07) is -1.66. The van der Waals surface area contributed by atoms with Gasteiger partial charge in [0.25, 0.3) is 0 Å². The van der Waals surface area contributed by atoms with E-state index in [-0.39, 0.29) is 25.7 Å². The highest BCUT2D eigenvalue weighted by molar-refractivity contribution is 6.33. The van der Waals surface area contributed by atoms with Gasteiger partial charge in [-0.15, -0.1) is 0 Å². The van der Waals surface area contributed by atoms with Gasteiger partial charge in [0.05, 0.1) is 0 Å². The van der Waals surface area contributed by atoms with E-state index in [4.69, 9.17) is 19.1 Å². The Hall–Kier alpha value is -2.04. The Morgan fingerprint density at radius 1 is 0.719 bits per heavy atom. The summed E-state index contributed by atoms with van der Waals surface area (Å²) in [5.41, 5.74) is 5.54. The molecule has 14 nitrogen and oxygen atoms in total. The molecule has 0 saturated carbocycles. The van der Waals surface area contributed by atoms with Crippen LogP contribution in [0.5, 0.6) is 0 Å². The molecule has 182 valence electrons. The molecule has 2 aliphatic heterocycles. The molecular formula is C18H30N4O10. The van der Waals surface area contributed by atoms with Crippen LogP contribution in [0.4, 0.5) is 0 Å². The number of methoxy groups -OCH3 is 2. The Bertz CT molecular complexity index is 579.